The molecule has 6 nitrogen and oxygen atoms in total. The molecule has 28 heavy (non-hydrogen) atoms. The molecule has 146 valence electrons. The van der Waals surface area contributed by atoms with Gasteiger partial charge in [-0.15, -0.1) is 11.3 Å². The minimum Gasteiger partial charge on any atom is -0.497 e. The van der Waals surface area contributed by atoms with E-state index in [0.29, 0.717) is 16.5 Å². The minimum atomic E-state index is -0.405. The quantitative estimate of drug-likeness (QED) is 0.634. The molecule has 0 bridgehead atoms. The number of benzene rings is 1. The predicted octanol–water partition coefficient (Wildman–Crippen LogP) is 4.25. The van der Waals surface area contributed by atoms with Crippen LogP contribution in [0, 0.1) is 4.77 Å². The number of hydrogen-bond donors (Lipinski definition) is 1. The molecule has 2 unspecified atom stereocenters. The van der Waals surface area contributed by atoms with Gasteiger partial charge in [0.25, 0.3) is 0 Å². The van der Waals surface area contributed by atoms with Gasteiger partial charge in [0, 0.05) is 19.0 Å². The third-order valence-corrected chi connectivity index (χ3v) is 6.43. The van der Waals surface area contributed by atoms with Crippen molar-refractivity contribution in [1.82, 2.24) is 19.7 Å². The molecule has 4 rings (SSSR count). The van der Waals surface area contributed by atoms with E-state index in [-0.39, 0.29) is 5.91 Å². The summed E-state index contributed by atoms with van der Waals surface area (Å²) in [4.78, 5) is 16.1. The van der Waals surface area contributed by atoms with Crippen molar-refractivity contribution in [2.24, 2.45) is 0 Å². The van der Waals surface area contributed by atoms with E-state index >= 15 is 0 Å². The second kappa shape index (κ2) is 7.89. The fourth-order valence-corrected chi connectivity index (χ4v) is 4.73. The van der Waals surface area contributed by atoms with E-state index in [2.05, 4.69) is 22.3 Å². The van der Waals surface area contributed by atoms with Gasteiger partial charge in [-0.2, -0.15) is 5.10 Å². The first kappa shape index (κ1) is 18.9. The van der Waals surface area contributed by atoms with E-state index in [1.807, 2.05) is 46.0 Å². The predicted molar refractivity (Wildman–Crippen MR) is 112 cm³/mol. The lowest BCUT2D eigenvalue weighted by Crippen LogP contribution is -2.34. The number of likely N-dealkylation sites (tertiary alicyclic amines) is 1. The van der Waals surface area contributed by atoms with Gasteiger partial charge in [0.1, 0.15) is 11.8 Å². The number of H-pyrrole nitrogens is 1. The lowest BCUT2D eigenvalue weighted by Gasteiger charge is -2.22. The molecule has 2 aromatic heterocycles. The van der Waals surface area contributed by atoms with Crippen molar-refractivity contribution >= 4 is 29.5 Å². The number of methoxy groups -OCH3 is 1. The Morgan fingerprint density at radius 1 is 1.36 bits per heavy atom. The summed E-state index contributed by atoms with van der Waals surface area (Å²) in [7, 11) is 1.66. The van der Waals surface area contributed by atoms with Gasteiger partial charge in [-0.25, -0.2) is 0 Å². The van der Waals surface area contributed by atoms with Gasteiger partial charge >= 0.3 is 0 Å². The number of nitrogens with one attached hydrogen (secondary N) is 1. The molecular weight excluding hydrogens is 392 g/mol. The average Bonchev–Trinajstić information content (AvgIpc) is 3.47. The zero-order valence-electron chi connectivity index (χ0n) is 15.8. The highest BCUT2D eigenvalue weighted by atomic mass is 32.1. The van der Waals surface area contributed by atoms with Gasteiger partial charge < -0.3 is 9.64 Å². The van der Waals surface area contributed by atoms with Gasteiger partial charge in [-0.05, 0) is 54.7 Å². The molecular formula is C20H22N4O2S2. The Labute approximate surface area is 172 Å². The second-order valence-corrected chi connectivity index (χ2v) is 8.25. The summed E-state index contributed by atoms with van der Waals surface area (Å²) < 4.78 is 7.52. The number of ether oxygens (including phenoxy) is 1. The first-order valence-electron chi connectivity index (χ1n) is 9.22. The van der Waals surface area contributed by atoms with Gasteiger partial charge in [0.15, 0.2) is 10.6 Å². The largest absolute Gasteiger partial charge is 0.497 e. The van der Waals surface area contributed by atoms with Crippen LogP contribution in [0.4, 0.5) is 0 Å². The molecule has 1 aromatic carbocycles. The number of thiophene rings is 1. The number of hydrogen-bond acceptors (Lipinski definition) is 5. The van der Waals surface area contributed by atoms with Crippen LogP contribution >= 0.6 is 23.6 Å². The number of carbonyl (C=O) groups is 1. The number of amides is 1. The highest BCUT2D eigenvalue weighted by Gasteiger charge is 2.32. The maximum atomic E-state index is 13.2. The average molecular weight is 415 g/mol. The molecule has 8 heteroatoms. The Bertz CT molecular complexity index is 1010. The highest BCUT2D eigenvalue weighted by Crippen LogP contribution is 2.31. The van der Waals surface area contributed by atoms with Gasteiger partial charge in [0.2, 0.25) is 5.91 Å². The molecule has 1 amide bonds. The molecule has 2 atom stereocenters. The van der Waals surface area contributed by atoms with E-state index in [1.165, 1.54) is 5.56 Å². The lowest BCUT2D eigenvalue weighted by atomic mass is 9.98. The van der Waals surface area contributed by atoms with Gasteiger partial charge in [-0.1, -0.05) is 18.2 Å². The Morgan fingerprint density at radius 2 is 2.14 bits per heavy atom. The second-order valence-electron chi connectivity index (χ2n) is 6.92. The van der Waals surface area contributed by atoms with Crippen molar-refractivity contribution in [3.8, 4) is 16.5 Å². The Balaban J connectivity index is 1.51. The van der Waals surface area contributed by atoms with E-state index in [0.717, 1.165) is 30.1 Å². The fourth-order valence-electron chi connectivity index (χ4n) is 3.73. The normalized spacial score (nSPS) is 17.6. The van der Waals surface area contributed by atoms with E-state index in [1.54, 1.807) is 18.4 Å². The molecule has 1 aliphatic rings. The van der Waals surface area contributed by atoms with E-state index in [4.69, 9.17) is 17.0 Å². The maximum absolute atomic E-state index is 13.2. The molecule has 1 saturated heterocycles. The van der Waals surface area contributed by atoms with Crippen molar-refractivity contribution in [2.45, 2.75) is 25.3 Å². The van der Waals surface area contributed by atoms with Crippen LogP contribution in [0.1, 0.15) is 30.9 Å². The fraction of sp³-hybridized carbons (Fsp3) is 0.350. The maximum Gasteiger partial charge on any atom is 0.245 e. The van der Waals surface area contributed by atoms with E-state index in [9.17, 15) is 4.79 Å². The van der Waals surface area contributed by atoms with Crippen molar-refractivity contribution in [1.29, 1.82) is 0 Å². The van der Waals surface area contributed by atoms with Crippen LogP contribution < -0.4 is 4.74 Å². The van der Waals surface area contributed by atoms with Crippen LogP contribution in [0.15, 0.2) is 41.8 Å². The first-order valence-corrected chi connectivity index (χ1v) is 10.5. The summed E-state index contributed by atoms with van der Waals surface area (Å²) in [6, 6.07) is 11.7. The minimum absolute atomic E-state index is 0.0753. The van der Waals surface area contributed by atoms with Crippen LogP contribution in [0.2, 0.25) is 0 Å². The van der Waals surface area contributed by atoms with Crippen LogP contribution in [0.3, 0.4) is 0 Å². The standard InChI is InChI=1S/C20H22N4O2S2/c1-13(24-18(21-22-20(24)27)17-4-3-11-28-17)19(25)23-10-9-15(12-23)14-5-7-16(26-2)8-6-14/h3-8,11,13,15H,9-10,12H2,1-2H3,(H,22,27). The summed E-state index contributed by atoms with van der Waals surface area (Å²) >= 11 is 6.99. The summed E-state index contributed by atoms with van der Waals surface area (Å²) in [5, 5.41) is 9.17. The molecule has 0 aliphatic carbocycles. The summed E-state index contributed by atoms with van der Waals surface area (Å²) in [6.07, 6.45) is 0.958. The molecule has 3 aromatic rings. The van der Waals surface area contributed by atoms with Crippen molar-refractivity contribution in [3.05, 3.63) is 52.1 Å². The Hall–Kier alpha value is -2.45. The SMILES string of the molecule is COc1ccc(C2CCN(C(=O)C(C)n3c(-c4cccs4)n[nH]c3=S)C2)cc1. The van der Waals surface area contributed by atoms with Crippen LogP contribution in [0.5, 0.6) is 5.75 Å². The first-order chi connectivity index (χ1) is 13.6. The van der Waals surface area contributed by atoms with Crippen LogP contribution in [-0.4, -0.2) is 45.8 Å². The number of aromatic amines is 1. The molecule has 0 spiro atoms. The lowest BCUT2D eigenvalue weighted by molar-refractivity contribution is -0.133. The summed E-state index contributed by atoms with van der Waals surface area (Å²) in [5.41, 5.74) is 1.24. The smallest absolute Gasteiger partial charge is 0.245 e. The van der Waals surface area contributed by atoms with Crippen molar-refractivity contribution in [2.75, 3.05) is 20.2 Å². The van der Waals surface area contributed by atoms with E-state index < -0.39 is 6.04 Å². The molecule has 1 fully saturated rings. The van der Waals surface area contributed by atoms with Gasteiger partial charge in [-0.3, -0.25) is 14.5 Å². The molecule has 1 N–H and O–H groups in total. The Morgan fingerprint density at radius 3 is 2.82 bits per heavy atom. The van der Waals surface area contributed by atoms with Crippen molar-refractivity contribution in [3.63, 3.8) is 0 Å². The molecule has 3 heterocycles. The third-order valence-electron chi connectivity index (χ3n) is 5.28. The molecule has 0 saturated carbocycles. The zero-order valence-corrected chi connectivity index (χ0v) is 17.4. The zero-order chi connectivity index (χ0) is 19.7. The van der Waals surface area contributed by atoms with Crippen LogP contribution in [-0.2, 0) is 4.79 Å². The molecule has 1 aliphatic heterocycles. The third kappa shape index (κ3) is 3.49. The number of nitrogens with zero attached hydrogens (tertiary/aromatic N) is 3. The van der Waals surface area contributed by atoms with Gasteiger partial charge in [0.05, 0.1) is 12.0 Å². The molecule has 0 radical (unpaired) electrons. The Kier molecular flexibility index (Phi) is 5.32. The number of carbonyl (C=O) groups excluding carboxylic acids is 1. The summed E-state index contributed by atoms with van der Waals surface area (Å²) in [5.74, 6) is 1.98. The monoisotopic (exact) mass is 414 g/mol. The highest BCUT2D eigenvalue weighted by molar-refractivity contribution is 7.71. The van der Waals surface area contributed by atoms with Crippen molar-refractivity contribution < 1.29 is 9.53 Å². The van der Waals surface area contributed by atoms with Crippen LogP contribution in [0.25, 0.3) is 10.7 Å². The number of rotatable bonds is 5. The summed E-state index contributed by atoms with van der Waals surface area (Å²) in [6.45, 7) is 3.36. The topological polar surface area (TPSA) is 63.1 Å². The number of aromatic nitrogens is 3.